The number of nitrogens with zero attached hydrogens (tertiary/aromatic N) is 7. The zero-order valence-electron chi connectivity index (χ0n) is 29.1. The van der Waals surface area contributed by atoms with E-state index in [0.717, 1.165) is 11.6 Å². The number of aromatic amines is 1. The molecule has 0 bridgehead atoms. The maximum absolute atomic E-state index is 16.6. The SMILES string of the molecule is [2H]C([2H])([2H])N(C(=O)OC(C)(C)C)c1nc(-c2cnn(C)c2-c2c(F)c(C)c3c(c2C#N)OC2(CC2)CN3C(F)(F)F)cc2c(CCl)n[nH]c(=O)c12. The number of benzene rings is 1. The topological polar surface area (TPSA) is 142 Å². The standard InChI is InChI=1S/C31H29ClF4N8O4/c1-14-22(33)20(16(11-37)25-23(14)44(31(34,35)36)13-30(47-25)7-8-30)24-17(12-38-43(24)6)18-9-15-19(10-32)40-41-27(45)21(15)26(39-18)42(5)28(46)48-29(2,3)4/h9,12H,7-8,10,13H2,1-6H3,(H,41,45)/i5D3. The summed E-state index contributed by atoms with van der Waals surface area (Å²) in [7, 11) is 1.38. The number of ether oxygens (including phenoxy) is 2. The zero-order chi connectivity index (χ0) is 37.6. The summed E-state index contributed by atoms with van der Waals surface area (Å²) < 4.78 is 96.9. The molecule has 1 N–H and O–H groups in total. The number of nitriles is 1. The van der Waals surface area contributed by atoms with Gasteiger partial charge in [-0.15, -0.1) is 11.6 Å². The van der Waals surface area contributed by atoms with Crippen LogP contribution in [-0.4, -0.2) is 62.1 Å². The van der Waals surface area contributed by atoms with Gasteiger partial charge in [-0.2, -0.15) is 28.6 Å². The number of H-pyrrole nitrogens is 1. The van der Waals surface area contributed by atoms with Crippen molar-refractivity contribution in [3.05, 3.63) is 45.3 Å². The fourth-order valence-electron chi connectivity index (χ4n) is 5.72. The molecule has 1 fully saturated rings. The minimum atomic E-state index is -4.92. The van der Waals surface area contributed by atoms with E-state index in [2.05, 4.69) is 20.3 Å². The van der Waals surface area contributed by atoms with Crippen LogP contribution in [0.3, 0.4) is 0 Å². The number of anilines is 2. The molecule has 0 unspecified atom stereocenters. The fraction of sp³-hybridized carbons (Fsp3) is 0.419. The molecule has 252 valence electrons. The Morgan fingerprint density at radius 2 is 2.04 bits per heavy atom. The first-order chi connectivity index (χ1) is 23.6. The molecule has 1 amide bonds. The molecule has 17 heteroatoms. The van der Waals surface area contributed by atoms with E-state index >= 15 is 4.39 Å². The number of aromatic nitrogens is 5. The summed E-state index contributed by atoms with van der Waals surface area (Å²) in [5.41, 5.74) is -5.79. The summed E-state index contributed by atoms with van der Waals surface area (Å²) in [6.45, 7) is 1.78. The van der Waals surface area contributed by atoms with Gasteiger partial charge in [-0.05, 0) is 46.6 Å². The van der Waals surface area contributed by atoms with Crippen molar-refractivity contribution in [1.29, 1.82) is 5.26 Å². The highest BCUT2D eigenvalue weighted by molar-refractivity contribution is 6.18. The average Bonchev–Trinajstić information content (AvgIpc) is 3.64. The molecule has 2 aliphatic rings. The molecule has 0 saturated heterocycles. The number of halogens is 5. The largest absolute Gasteiger partial charge is 0.485 e. The highest BCUT2D eigenvalue weighted by atomic mass is 35.5. The second-order valence-corrected chi connectivity index (χ2v) is 12.8. The van der Waals surface area contributed by atoms with Crippen molar-refractivity contribution in [1.82, 2.24) is 25.0 Å². The smallest absolute Gasteiger partial charge is 0.482 e. The Hall–Kier alpha value is -4.91. The van der Waals surface area contributed by atoms with Crippen LogP contribution in [0.5, 0.6) is 5.75 Å². The first-order valence-corrected chi connectivity index (χ1v) is 15.0. The third kappa shape index (κ3) is 5.35. The molecule has 1 saturated carbocycles. The summed E-state index contributed by atoms with van der Waals surface area (Å²) in [5, 5.41) is 20.4. The van der Waals surface area contributed by atoms with E-state index in [1.165, 1.54) is 40.1 Å². The van der Waals surface area contributed by atoms with Crippen LogP contribution in [0.25, 0.3) is 33.3 Å². The van der Waals surface area contributed by atoms with Crippen LogP contribution in [0.15, 0.2) is 17.1 Å². The van der Waals surface area contributed by atoms with Gasteiger partial charge in [0.2, 0.25) is 0 Å². The van der Waals surface area contributed by atoms with Crippen LogP contribution in [-0.2, 0) is 17.7 Å². The Labute approximate surface area is 280 Å². The third-order valence-corrected chi connectivity index (χ3v) is 8.31. The normalized spacial score (nSPS) is 16.4. The minimum Gasteiger partial charge on any atom is -0.482 e. The molecule has 6 rings (SSSR count). The number of hydrogen-bond donors (Lipinski definition) is 1. The molecule has 3 aromatic heterocycles. The summed E-state index contributed by atoms with van der Waals surface area (Å²) in [4.78, 5) is 31.4. The number of fused-ring (bicyclic) bond motifs is 2. The van der Waals surface area contributed by atoms with Crippen molar-refractivity contribution >= 4 is 40.0 Å². The fourth-order valence-corrected chi connectivity index (χ4v) is 5.93. The monoisotopic (exact) mass is 691 g/mol. The number of carbonyl (C=O) groups is 1. The minimum absolute atomic E-state index is 0.0382. The Morgan fingerprint density at radius 3 is 2.62 bits per heavy atom. The predicted molar refractivity (Wildman–Crippen MR) is 167 cm³/mol. The van der Waals surface area contributed by atoms with Crippen molar-refractivity contribution in [2.45, 2.75) is 63.9 Å². The van der Waals surface area contributed by atoms with Crippen LogP contribution >= 0.6 is 11.6 Å². The van der Waals surface area contributed by atoms with Gasteiger partial charge in [0, 0.05) is 34.6 Å². The first kappa shape index (κ1) is 29.2. The number of rotatable bonds is 4. The summed E-state index contributed by atoms with van der Waals surface area (Å²) >= 11 is 6.16. The Morgan fingerprint density at radius 1 is 1.33 bits per heavy atom. The van der Waals surface area contributed by atoms with Crippen LogP contribution < -0.4 is 20.1 Å². The maximum atomic E-state index is 16.6. The van der Waals surface area contributed by atoms with E-state index in [1.54, 1.807) is 0 Å². The van der Waals surface area contributed by atoms with E-state index in [1.807, 2.05) is 6.07 Å². The van der Waals surface area contributed by atoms with Crippen LogP contribution in [0.1, 0.15) is 54.5 Å². The van der Waals surface area contributed by atoms with Gasteiger partial charge in [-0.25, -0.2) is 19.3 Å². The number of amides is 1. The Bertz CT molecular complexity index is 2220. The molecule has 1 aromatic carbocycles. The van der Waals surface area contributed by atoms with Crippen molar-refractivity contribution in [3.8, 4) is 34.3 Å². The number of pyridine rings is 1. The lowest BCUT2D eigenvalue weighted by Crippen LogP contribution is -2.49. The predicted octanol–water partition coefficient (Wildman–Crippen LogP) is 6.07. The van der Waals surface area contributed by atoms with Gasteiger partial charge in [-0.3, -0.25) is 19.3 Å². The molecule has 1 spiro atoms. The van der Waals surface area contributed by atoms with Gasteiger partial charge in [0.25, 0.3) is 5.56 Å². The van der Waals surface area contributed by atoms with Crippen LogP contribution in [0, 0.1) is 24.1 Å². The van der Waals surface area contributed by atoms with Crippen molar-refractivity contribution < 1.29 is 35.9 Å². The molecule has 0 radical (unpaired) electrons. The summed E-state index contributed by atoms with van der Waals surface area (Å²) in [5.74, 6) is -2.63. The molecule has 12 nitrogen and oxygen atoms in total. The maximum Gasteiger partial charge on any atom is 0.485 e. The Kier molecular flexibility index (Phi) is 6.75. The van der Waals surface area contributed by atoms with E-state index < -0.39 is 82.4 Å². The van der Waals surface area contributed by atoms with Crippen molar-refractivity contribution in [3.63, 3.8) is 0 Å². The van der Waals surface area contributed by atoms with E-state index in [4.69, 9.17) is 25.2 Å². The number of alkyl halides is 4. The third-order valence-electron chi connectivity index (χ3n) is 8.05. The highest BCUT2D eigenvalue weighted by Crippen LogP contribution is 2.56. The summed E-state index contributed by atoms with van der Waals surface area (Å²) in [6.07, 6.45) is -4.54. The molecule has 1 aliphatic carbocycles. The average molecular weight is 692 g/mol. The van der Waals surface area contributed by atoms with E-state index in [-0.39, 0.29) is 61.9 Å². The van der Waals surface area contributed by atoms with Gasteiger partial charge in [-0.1, -0.05) is 0 Å². The molecule has 48 heavy (non-hydrogen) atoms. The second kappa shape index (κ2) is 11.1. The molecule has 1 aliphatic heterocycles. The van der Waals surface area contributed by atoms with Crippen molar-refractivity contribution in [2.24, 2.45) is 7.05 Å². The zero-order valence-corrected chi connectivity index (χ0v) is 26.9. The van der Waals surface area contributed by atoms with Crippen LogP contribution in [0.2, 0.25) is 0 Å². The van der Waals surface area contributed by atoms with Gasteiger partial charge >= 0.3 is 12.4 Å². The van der Waals surface area contributed by atoms with Gasteiger partial charge in [0.05, 0.1) is 52.3 Å². The molecule has 0 atom stereocenters. The van der Waals surface area contributed by atoms with Crippen molar-refractivity contribution in [2.75, 3.05) is 23.3 Å². The molecule has 4 heterocycles. The quantitative estimate of drug-likeness (QED) is 0.153. The Balaban J connectivity index is 1.68. The van der Waals surface area contributed by atoms with E-state index in [0.29, 0.717) is 0 Å². The van der Waals surface area contributed by atoms with Gasteiger partial charge < -0.3 is 9.47 Å². The van der Waals surface area contributed by atoms with E-state index in [9.17, 15) is 28.0 Å². The highest BCUT2D eigenvalue weighted by Gasteiger charge is 2.57. The second-order valence-electron chi connectivity index (χ2n) is 12.6. The lowest BCUT2D eigenvalue weighted by Gasteiger charge is -2.39. The number of nitrogens with one attached hydrogen (secondary N) is 1. The summed E-state index contributed by atoms with van der Waals surface area (Å²) in [6, 6.07) is 3.12. The molecular formula is C31H29ClF4N8O4. The lowest BCUT2D eigenvalue weighted by atomic mass is 9.93. The van der Waals surface area contributed by atoms with Gasteiger partial charge in [0.1, 0.15) is 28.7 Å². The van der Waals surface area contributed by atoms with Crippen LogP contribution in [0.4, 0.5) is 33.9 Å². The number of hydrogen-bond acceptors (Lipinski definition) is 9. The van der Waals surface area contributed by atoms with Gasteiger partial charge in [0.15, 0.2) is 11.6 Å². The lowest BCUT2D eigenvalue weighted by molar-refractivity contribution is -0.135. The number of aryl methyl sites for hydroxylation is 1. The first-order valence-electron chi connectivity index (χ1n) is 16.0. The molecular weight excluding hydrogens is 660 g/mol. The number of carbonyl (C=O) groups excluding carboxylic acids is 1. The molecule has 4 aromatic rings.